The average molecular weight is 521 g/mol. The van der Waals surface area contributed by atoms with Crippen LogP contribution in [0.4, 0.5) is 5.82 Å². The lowest BCUT2D eigenvalue weighted by Gasteiger charge is -2.19. The summed E-state index contributed by atoms with van der Waals surface area (Å²) in [6.07, 6.45) is 2.03. The number of hydrazone groups is 1. The Morgan fingerprint density at radius 3 is 2.65 bits per heavy atom. The van der Waals surface area contributed by atoms with E-state index in [0.717, 1.165) is 17.1 Å². The number of nitrogens with one attached hydrogen (secondary N) is 3. The molecule has 0 spiro atoms. The maximum absolute atomic E-state index is 13.2. The monoisotopic (exact) mass is 520 g/mol. The first-order valence-electron chi connectivity index (χ1n) is 12.0. The third-order valence-corrected chi connectivity index (χ3v) is 6.73. The second-order valence-electron chi connectivity index (χ2n) is 8.86. The van der Waals surface area contributed by atoms with Gasteiger partial charge in [0.15, 0.2) is 5.65 Å². The number of rotatable bonds is 9. The normalized spacial score (nSPS) is 17.7. The van der Waals surface area contributed by atoms with Crippen LogP contribution in [0.3, 0.4) is 0 Å². The van der Waals surface area contributed by atoms with Crippen LogP contribution in [0.1, 0.15) is 47.8 Å². The van der Waals surface area contributed by atoms with E-state index in [1.165, 1.54) is 0 Å². The minimum atomic E-state index is -0.790. The number of carbonyl (C=O) groups is 2. The van der Waals surface area contributed by atoms with Crippen LogP contribution in [0.15, 0.2) is 53.8 Å². The molecule has 4 rings (SSSR count). The number of anilines is 1. The van der Waals surface area contributed by atoms with Gasteiger partial charge in [-0.15, -0.1) is 0 Å². The van der Waals surface area contributed by atoms with E-state index in [-0.39, 0.29) is 24.8 Å². The average Bonchev–Trinajstić information content (AvgIpc) is 3.37. The standard InChI is InChI=1S/C26H29ClN8O2/c1-16-20(22(27)34(3)33-16)21-24(30-15-18-9-5-4-6-10-18)35-14-7-11-19(23(35)32-21)26(37)31-17(2)25(36)29-13-8-12-28/h4-7,9-11,14,17,20,22,30H,8,13,15H2,1-3H3,(H,29,36)(H,31,37). The van der Waals surface area contributed by atoms with Crippen molar-refractivity contribution in [3.8, 4) is 6.07 Å². The molecular formula is C26H29ClN8O2. The van der Waals surface area contributed by atoms with Gasteiger partial charge in [-0.05, 0) is 31.5 Å². The fraction of sp³-hybridized carbons (Fsp3) is 0.346. The maximum atomic E-state index is 13.2. The maximum Gasteiger partial charge on any atom is 0.255 e. The van der Waals surface area contributed by atoms with Gasteiger partial charge >= 0.3 is 0 Å². The first-order chi connectivity index (χ1) is 17.8. The lowest BCUT2D eigenvalue weighted by Crippen LogP contribution is -2.45. The van der Waals surface area contributed by atoms with E-state index < -0.39 is 17.5 Å². The summed E-state index contributed by atoms with van der Waals surface area (Å²) in [5.74, 6) is -0.367. The highest BCUT2D eigenvalue weighted by Crippen LogP contribution is 2.37. The Balaban J connectivity index is 1.68. The van der Waals surface area contributed by atoms with Crippen molar-refractivity contribution >= 4 is 40.6 Å². The molecule has 2 aromatic heterocycles. The van der Waals surface area contributed by atoms with Crippen molar-refractivity contribution in [2.75, 3.05) is 18.9 Å². The van der Waals surface area contributed by atoms with Crippen LogP contribution >= 0.6 is 11.6 Å². The van der Waals surface area contributed by atoms with E-state index in [2.05, 4.69) is 21.1 Å². The number of amides is 2. The Labute approximate surface area is 220 Å². The molecule has 1 aliphatic rings. The molecule has 1 aliphatic heterocycles. The predicted octanol–water partition coefficient (Wildman–Crippen LogP) is 3.06. The molecule has 10 nitrogen and oxygen atoms in total. The summed E-state index contributed by atoms with van der Waals surface area (Å²) in [6, 6.07) is 14.6. The van der Waals surface area contributed by atoms with E-state index in [0.29, 0.717) is 23.4 Å². The molecule has 0 saturated carbocycles. The van der Waals surface area contributed by atoms with Crippen molar-refractivity contribution in [1.82, 2.24) is 25.0 Å². The minimum Gasteiger partial charge on any atom is -0.366 e. The van der Waals surface area contributed by atoms with Crippen LogP contribution in [0.5, 0.6) is 0 Å². The zero-order valence-corrected chi connectivity index (χ0v) is 21.7. The van der Waals surface area contributed by atoms with Crippen molar-refractivity contribution in [2.24, 2.45) is 5.10 Å². The Morgan fingerprint density at radius 2 is 1.97 bits per heavy atom. The van der Waals surface area contributed by atoms with Gasteiger partial charge < -0.3 is 16.0 Å². The summed E-state index contributed by atoms with van der Waals surface area (Å²) in [5, 5.41) is 23.7. The quantitative estimate of drug-likeness (QED) is 0.226. The minimum absolute atomic E-state index is 0.196. The molecule has 192 valence electrons. The Kier molecular flexibility index (Phi) is 7.94. The van der Waals surface area contributed by atoms with Gasteiger partial charge in [0.1, 0.15) is 17.4 Å². The molecule has 3 N–H and O–H groups in total. The number of aromatic nitrogens is 2. The van der Waals surface area contributed by atoms with E-state index >= 15 is 0 Å². The highest BCUT2D eigenvalue weighted by atomic mass is 35.5. The highest BCUT2D eigenvalue weighted by molar-refractivity contribution is 6.23. The molecule has 2 amide bonds. The molecule has 0 radical (unpaired) electrons. The molecule has 11 heteroatoms. The third kappa shape index (κ3) is 5.52. The Morgan fingerprint density at radius 1 is 1.22 bits per heavy atom. The number of hydrogen-bond donors (Lipinski definition) is 3. The van der Waals surface area contributed by atoms with Crippen molar-refractivity contribution in [3.05, 3.63) is 65.5 Å². The molecule has 3 unspecified atom stereocenters. The van der Waals surface area contributed by atoms with Gasteiger partial charge in [-0.25, -0.2) is 4.98 Å². The molecule has 0 bridgehead atoms. The van der Waals surface area contributed by atoms with Gasteiger partial charge in [-0.2, -0.15) is 10.4 Å². The lowest BCUT2D eigenvalue weighted by molar-refractivity contribution is -0.122. The van der Waals surface area contributed by atoms with Gasteiger partial charge in [-0.3, -0.25) is 19.0 Å². The fourth-order valence-corrected chi connectivity index (χ4v) is 4.63. The number of likely N-dealkylation sites (N-methyl/N-ethyl adjacent to an activating group) is 1. The van der Waals surface area contributed by atoms with Crippen LogP contribution in [0.2, 0.25) is 0 Å². The number of imidazole rings is 1. The fourth-order valence-electron chi connectivity index (χ4n) is 4.28. The molecule has 3 heterocycles. The molecular weight excluding hydrogens is 492 g/mol. The lowest BCUT2D eigenvalue weighted by atomic mass is 10.0. The largest absolute Gasteiger partial charge is 0.366 e. The molecule has 37 heavy (non-hydrogen) atoms. The molecule has 0 saturated heterocycles. The van der Waals surface area contributed by atoms with E-state index in [9.17, 15) is 9.59 Å². The number of nitrogens with zero attached hydrogens (tertiary/aromatic N) is 5. The van der Waals surface area contributed by atoms with Crippen LogP contribution < -0.4 is 16.0 Å². The van der Waals surface area contributed by atoms with Crippen LogP contribution in [0, 0.1) is 11.3 Å². The number of halogens is 1. The molecule has 0 fully saturated rings. The molecule has 0 aliphatic carbocycles. The molecule has 3 aromatic rings. The second-order valence-corrected chi connectivity index (χ2v) is 9.31. The number of pyridine rings is 1. The SMILES string of the molecule is CC1=NN(C)C(Cl)C1c1nc2c(C(=O)NC(C)C(=O)NCCC#N)cccn2c1NCc1ccccc1. The van der Waals surface area contributed by atoms with Crippen molar-refractivity contribution < 1.29 is 9.59 Å². The van der Waals surface area contributed by atoms with Crippen LogP contribution in [0.25, 0.3) is 5.65 Å². The number of hydrogen-bond acceptors (Lipinski definition) is 7. The van der Waals surface area contributed by atoms with E-state index in [4.69, 9.17) is 21.8 Å². The zero-order chi connectivity index (χ0) is 26.5. The van der Waals surface area contributed by atoms with Gasteiger partial charge in [-0.1, -0.05) is 41.9 Å². The van der Waals surface area contributed by atoms with Crippen LogP contribution in [-0.4, -0.2) is 57.1 Å². The first-order valence-corrected chi connectivity index (χ1v) is 12.4. The van der Waals surface area contributed by atoms with Crippen molar-refractivity contribution in [1.29, 1.82) is 5.26 Å². The second kappa shape index (κ2) is 11.3. The van der Waals surface area contributed by atoms with Crippen molar-refractivity contribution in [3.63, 3.8) is 0 Å². The third-order valence-electron chi connectivity index (χ3n) is 6.19. The van der Waals surface area contributed by atoms with Gasteiger partial charge in [0.2, 0.25) is 5.91 Å². The Hall–Kier alpha value is -4.10. The summed E-state index contributed by atoms with van der Waals surface area (Å²) in [5.41, 5.74) is 2.92. The van der Waals surface area contributed by atoms with E-state index in [1.54, 1.807) is 24.1 Å². The number of fused-ring (bicyclic) bond motifs is 1. The van der Waals surface area contributed by atoms with E-state index in [1.807, 2.05) is 61.0 Å². The number of nitriles is 1. The van der Waals surface area contributed by atoms with Gasteiger partial charge in [0, 0.05) is 32.0 Å². The predicted molar refractivity (Wildman–Crippen MR) is 142 cm³/mol. The summed E-state index contributed by atoms with van der Waals surface area (Å²) in [7, 11) is 1.82. The van der Waals surface area contributed by atoms with Gasteiger partial charge in [0.05, 0.1) is 29.7 Å². The van der Waals surface area contributed by atoms with Gasteiger partial charge in [0.25, 0.3) is 5.91 Å². The summed E-state index contributed by atoms with van der Waals surface area (Å²) in [4.78, 5) is 30.4. The topological polar surface area (TPSA) is 127 Å². The number of alkyl halides is 1. The first kappa shape index (κ1) is 26.0. The van der Waals surface area contributed by atoms with Crippen LogP contribution in [-0.2, 0) is 11.3 Å². The molecule has 3 atom stereocenters. The summed E-state index contributed by atoms with van der Waals surface area (Å²) < 4.78 is 1.83. The number of carbonyl (C=O) groups excluding carboxylic acids is 2. The zero-order valence-electron chi connectivity index (χ0n) is 20.9. The molecule has 1 aromatic carbocycles. The number of benzene rings is 1. The summed E-state index contributed by atoms with van der Waals surface area (Å²) in [6.45, 7) is 4.27. The Bertz CT molecular complexity index is 1360. The summed E-state index contributed by atoms with van der Waals surface area (Å²) >= 11 is 6.72. The highest BCUT2D eigenvalue weighted by Gasteiger charge is 2.37. The smallest absolute Gasteiger partial charge is 0.255 e. The van der Waals surface area contributed by atoms with Crippen molar-refractivity contribution in [2.45, 2.75) is 44.3 Å².